The van der Waals surface area contributed by atoms with Crippen molar-refractivity contribution in [2.24, 2.45) is 11.8 Å². The van der Waals surface area contributed by atoms with Gasteiger partial charge in [0.2, 0.25) is 0 Å². The maximum Gasteiger partial charge on any atom is 0.416 e. The number of rotatable bonds is 5. The summed E-state index contributed by atoms with van der Waals surface area (Å²) in [6.45, 7) is 4.30. The fraction of sp³-hybridized carbons (Fsp3) is 0.684. The minimum Gasteiger partial charge on any atom is -0.352 e. The standard InChI is InChI=1S/C19H25F3O4/c1-2-3-4-13-9-23-18(24-10-13)15-11-25-17(26-12-15)14-5-7-16(8-6-14)19(20,21)22/h5-8,13,15,17-18H,2-4,9-12H2,1H3/t13-,15-,17-,18-. The van der Waals surface area contributed by atoms with E-state index in [1.54, 1.807) is 0 Å². The molecule has 0 spiro atoms. The summed E-state index contributed by atoms with van der Waals surface area (Å²) in [7, 11) is 0. The van der Waals surface area contributed by atoms with Crippen molar-refractivity contribution in [3.8, 4) is 0 Å². The first-order chi connectivity index (χ1) is 12.5. The normalized spacial score (nSPS) is 30.3. The van der Waals surface area contributed by atoms with Gasteiger partial charge in [-0.1, -0.05) is 31.9 Å². The Hall–Kier alpha value is -1.15. The number of unbranched alkanes of at least 4 members (excludes halogenated alkanes) is 1. The lowest BCUT2D eigenvalue weighted by molar-refractivity contribution is -0.283. The molecule has 1 aromatic carbocycles. The molecule has 0 amide bonds. The molecule has 0 radical (unpaired) electrons. The zero-order chi connectivity index (χ0) is 18.6. The zero-order valence-corrected chi connectivity index (χ0v) is 14.8. The molecule has 4 nitrogen and oxygen atoms in total. The van der Waals surface area contributed by atoms with E-state index in [2.05, 4.69) is 6.92 Å². The maximum atomic E-state index is 12.6. The predicted molar refractivity (Wildman–Crippen MR) is 88.3 cm³/mol. The van der Waals surface area contributed by atoms with Gasteiger partial charge in [-0.05, 0) is 18.6 Å². The summed E-state index contributed by atoms with van der Waals surface area (Å²) in [5, 5.41) is 0. The van der Waals surface area contributed by atoms with Crippen LogP contribution >= 0.6 is 0 Å². The van der Waals surface area contributed by atoms with Crippen molar-refractivity contribution >= 4 is 0 Å². The smallest absolute Gasteiger partial charge is 0.352 e. The van der Waals surface area contributed by atoms with E-state index in [4.69, 9.17) is 18.9 Å². The van der Waals surface area contributed by atoms with Crippen LogP contribution in [0.1, 0.15) is 43.6 Å². The van der Waals surface area contributed by atoms with Crippen LogP contribution in [0.4, 0.5) is 13.2 Å². The topological polar surface area (TPSA) is 36.9 Å². The first kappa shape index (κ1) is 19.6. The van der Waals surface area contributed by atoms with Gasteiger partial charge in [0.15, 0.2) is 12.6 Å². The molecule has 7 heteroatoms. The molecule has 2 aliphatic rings. The maximum absolute atomic E-state index is 12.6. The van der Waals surface area contributed by atoms with Crippen LogP contribution in [-0.4, -0.2) is 32.7 Å². The Labute approximate surface area is 151 Å². The molecule has 2 heterocycles. The average Bonchev–Trinajstić information content (AvgIpc) is 2.66. The number of hydrogen-bond acceptors (Lipinski definition) is 4. The minimum absolute atomic E-state index is 0.0344. The van der Waals surface area contributed by atoms with Crippen molar-refractivity contribution in [3.05, 3.63) is 35.4 Å². The molecule has 3 rings (SSSR count). The lowest BCUT2D eigenvalue weighted by atomic mass is 10.0. The van der Waals surface area contributed by atoms with Gasteiger partial charge in [-0.25, -0.2) is 0 Å². The van der Waals surface area contributed by atoms with Crippen molar-refractivity contribution in [3.63, 3.8) is 0 Å². The van der Waals surface area contributed by atoms with Crippen LogP contribution < -0.4 is 0 Å². The van der Waals surface area contributed by atoms with E-state index in [9.17, 15) is 13.2 Å². The first-order valence-electron chi connectivity index (χ1n) is 9.11. The fourth-order valence-corrected chi connectivity index (χ4v) is 3.19. The first-order valence-corrected chi connectivity index (χ1v) is 9.11. The highest BCUT2D eigenvalue weighted by molar-refractivity contribution is 5.25. The Kier molecular flexibility index (Phi) is 6.55. The number of benzene rings is 1. The number of alkyl halides is 3. The summed E-state index contributed by atoms with van der Waals surface area (Å²) in [5.41, 5.74) is -0.113. The molecular weight excluding hydrogens is 349 g/mol. The third kappa shape index (κ3) is 4.97. The number of hydrogen-bond donors (Lipinski definition) is 0. The largest absolute Gasteiger partial charge is 0.416 e. The third-order valence-electron chi connectivity index (χ3n) is 4.78. The molecule has 0 N–H and O–H groups in total. The van der Waals surface area contributed by atoms with Crippen LogP contribution in [0.5, 0.6) is 0 Å². The second-order valence-electron chi connectivity index (χ2n) is 6.92. The predicted octanol–water partition coefficient (Wildman–Crippen LogP) is 4.55. The van der Waals surface area contributed by atoms with Crippen LogP contribution in [-0.2, 0) is 25.1 Å². The molecule has 0 atom stereocenters. The van der Waals surface area contributed by atoms with Gasteiger partial charge in [0.1, 0.15) is 0 Å². The van der Waals surface area contributed by atoms with E-state index < -0.39 is 18.0 Å². The highest BCUT2D eigenvalue weighted by Gasteiger charge is 2.35. The highest BCUT2D eigenvalue weighted by atomic mass is 19.4. The van der Waals surface area contributed by atoms with Gasteiger partial charge in [0.25, 0.3) is 0 Å². The summed E-state index contributed by atoms with van der Waals surface area (Å²) in [5.74, 6) is 0.407. The molecule has 0 bridgehead atoms. The zero-order valence-electron chi connectivity index (χ0n) is 14.8. The summed E-state index contributed by atoms with van der Waals surface area (Å²) in [6.07, 6.45) is -1.91. The lowest BCUT2D eigenvalue weighted by Gasteiger charge is -2.37. The second kappa shape index (κ2) is 8.69. The molecule has 0 saturated carbocycles. The van der Waals surface area contributed by atoms with Crippen molar-refractivity contribution in [1.29, 1.82) is 0 Å². The Morgan fingerprint density at radius 3 is 2.08 bits per heavy atom. The lowest BCUT2D eigenvalue weighted by Crippen LogP contribution is -2.43. The molecule has 26 heavy (non-hydrogen) atoms. The summed E-state index contributed by atoms with van der Waals surface area (Å²) in [4.78, 5) is 0. The van der Waals surface area contributed by atoms with Crippen LogP contribution in [0.15, 0.2) is 24.3 Å². The van der Waals surface area contributed by atoms with Gasteiger partial charge in [0.05, 0.1) is 37.9 Å². The van der Waals surface area contributed by atoms with E-state index in [1.807, 2.05) is 0 Å². The molecule has 2 saturated heterocycles. The highest BCUT2D eigenvalue weighted by Crippen LogP contribution is 2.33. The number of ether oxygens (including phenoxy) is 4. The Morgan fingerprint density at radius 1 is 0.923 bits per heavy atom. The second-order valence-corrected chi connectivity index (χ2v) is 6.92. The average molecular weight is 374 g/mol. The molecule has 1 aromatic rings. The fourth-order valence-electron chi connectivity index (χ4n) is 3.19. The molecular formula is C19H25F3O4. The molecule has 2 fully saturated rings. The van der Waals surface area contributed by atoms with E-state index in [1.165, 1.54) is 18.6 Å². The summed E-state index contributed by atoms with van der Waals surface area (Å²) < 4.78 is 60.9. The molecule has 2 aliphatic heterocycles. The van der Waals surface area contributed by atoms with Gasteiger partial charge in [-0.15, -0.1) is 0 Å². The van der Waals surface area contributed by atoms with E-state index in [0.717, 1.165) is 25.0 Å². The minimum atomic E-state index is -4.34. The van der Waals surface area contributed by atoms with E-state index in [-0.39, 0.29) is 12.2 Å². The van der Waals surface area contributed by atoms with Gasteiger partial charge in [-0.2, -0.15) is 13.2 Å². The Morgan fingerprint density at radius 2 is 1.54 bits per heavy atom. The Bertz CT molecular complexity index is 545. The van der Waals surface area contributed by atoms with Gasteiger partial charge >= 0.3 is 6.18 Å². The van der Waals surface area contributed by atoms with Crippen LogP contribution in [0.3, 0.4) is 0 Å². The van der Waals surface area contributed by atoms with Gasteiger partial charge < -0.3 is 18.9 Å². The van der Waals surface area contributed by atoms with Crippen molar-refractivity contribution in [1.82, 2.24) is 0 Å². The summed E-state index contributed by atoms with van der Waals surface area (Å²) in [6, 6.07) is 4.86. The Balaban J connectivity index is 1.46. The molecule has 146 valence electrons. The van der Waals surface area contributed by atoms with Crippen molar-refractivity contribution in [2.75, 3.05) is 26.4 Å². The van der Waals surface area contributed by atoms with Crippen molar-refractivity contribution in [2.45, 2.75) is 44.9 Å². The van der Waals surface area contributed by atoms with E-state index >= 15 is 0 Å². The van der Waals surface area contributed by atoms with Crippen LogP contribution in [0.25, 0.3) is 0 Å². The SMILES string of the molecule is CCCC[C@H]1CO[C@H]([C@H]2CO[C@H](c3ccc(C(F)(F)F)cc3)OC2)OC1. The third-order valence-corrected chi connectivity index (χ3v) is 4.78. The molecule has 0 unspecified atom stereocenters. The van der Waals surface area contributed by atoms with Crippen molar-refractivity contribution < 1.29 is 32.1 Å². The molecule has 0 aliphatic carbocycles. The quantitative estimate of drug-likeness (QED) is 0.758. The summed E-state index contributed by atoms with van der Waals surface area (Å²) >= 11 is 0. The monoisotopic (exact) mass is 374 g/mol. The van der Waals surface area contributed by atoms with E-state index in [0.29, 0.717) is 37.9 Å². The molecule has 0 aromatic heterocycles. The number of halogens is 3. The van der Waals surface area contributed by atoms with Crippen LogP contribution in [0, 0.1) is 11.8 Å². The van der Waals surface area contributed by atoms with Crippen LogP contribution in [0.2, 0.25) is 0 Å². The van der Waals surface area contributed by atoms with Gasteiger partial charge in [-0.3, -0.25) is 0 Å². The van der Waals surface area contributed by atoms with Gasteiger partial charge in [0, 0.05) is 11.5 Å².